The van der Waals surface area contributed by atoms with Crippen LogP contribution in [0.1, 0.15) is 180 Å². The van der Waals surface area contributed by atoms with Gasteiger partial charge in [-0.3, -0.25) is 0 Å². The summed E-state index contributed by atoms with van der Waals surface area (Å²) in [6.45, 7) is 0. The maximum absolute atomic E-state index is 2.50. The van der Waals surface area contributed by atoms with Crippen LogP contribution in [0.2, 0.25) is 15.7 Å². The fraction of sp³-hybridized carbons (Fsp3) is 1.00. The first kappa shape index (κ1) is 26.9. The SMILES string of the molecule is C1CCC[CH]([Sn]([CH]2CCCCCCC2)([CH]2CCCCCCC2)[CH]2CCCCCCC2)CCC1. The molecule has 192 valence electrons. The van der Waals surface area contributed by atoms with Crippen LogP contribution in [0, 0.1) is 0 Å². The standard InChI is InChI=1S/4C8H15.Sn/c4*1-2-4-6-8-7-5-3-1;/h4*1H,2-8H2;. The Hall–Kier alpha value is 0.799. The van der Waals surface area contributed by atoms with E-state index in [4.69, 9.17) is 0 Å². The molecule has 4 fully saturated rings. The van der Waals surface area contributed by atoms with Crippen LogP contribution in [-0.4, -0.2) is 18.4 Å². The third kappa shape index (κ3) is 7.41. The van der Waals surface area contributed by atoms with Gasteiger partial charge in [0.15, 0.2) is 0 Å². The second kappa shape index (κ2) is 15.1. The summed E-state index contributed by atoms with van der Waals surface area (Å²) in [5, 5.41) is 0. The van der Waals surface area contributed by atoms with E-state index < -0.39 is 18.4 Å². The summed E-state index contributed by atoms with van der Waals surface area (Å²) in [5.41, 5.74) is 0. The van der Waals surface area contributed by atoms with Crippen molar-refractivity contribution in [3.05, 3.63) is 0 Å². The first-order valence-corrected chi connectivity index (χ1v) is 23.0. The molecule has 0 N–H and O–H groups in total. The molecule has 1 heteroatoms. The molecule has 4 aliphatic carbocycles. The fourth-order valence-electron chi connectivity index (χ4n) is 9.82. The zero-order valence-electron chi connectivity index (χ0n) is 22.6. The molecule has 0 amide bonds. The molecular formula is C32H60Sn. The molecule has 0 unspecified atom stereocenters. The van der Waals surface area contributed by atoms with E-state index in [1.54, 1.807) is 180 Å². The summed E-state index contributed by atoms with van der Waals surface area (Å²) in [5.74, 6) is 0. The normalized spacial score (nSPS) is 28.4. The number of hydrogen-bond donors (Lipinski definition) is 0. The van der Waals surface area contributed by atoms with Crippen molar-refractivity contribution in [3.8, 4) is 0 Å². The molecule has 0 spiro atoms. The van der Waals surface area contributed by atoms with Gasteiger partial charge >= 0.3 is 214 Å². The van der Waals surface area contributed by atoms with Crippen molar-refractivity contribution in [1.82, 2.24) is 0 Å². The van der Waals surface area contributed by atoms with Crippen LogP contribution < -0.4 is 0 Å². The molecule has 0 saturated heterocycles. The van der Waals surface area contributed by atoms with Crippen LogP contribution >= 0.6 is 0 Å². The molecule has 0 aliphatic heterocycles. The summed E-state index contributed by atoms with van der Waals surface area (Å²) in [6.07, 6.45) is 45.1. The summed E-state index contributed by atoms with van der Waals surface area (Å²) < 4.78 is 5.10. The second-order valence-corrected chi connectivity index (χ2v) is 28.2. The van der Waals surface area contributed by atoms with Crippen LogP contribution in [0.5, 0.6) is 0 Å². The molecule has 0 nitrogen and oxygen atoms in total. The molecule has 0 aromatic heterocycles. The molecule has 0 heterocycles. The van der Waals surface area contributed by atoms with Gasteiger partial charge in [-0.1, -0.05) is 0 Å². The average Bonchev–Trinajstić information content (AvgIpc) is 2.71. The van der Waals surface area contributed by atoms with Gasteiger partial charge in [-0.05, 0) is 0 Å². The van der Waals surface area contributed by atoms with E-state index >= 15 is 0 Å². The molecule has 0 aromatic rings. The average molecular weight is 564 g/mol. The van der Waals surface area contributed by atoms with E-state index in [1.165, 1.54) is 15.7 Å². The molecule has 0 aromatic carbocycles. The van der Waals surface area contributed by atoms with E-state index in [2.05, 4.69) is 0 Å². The van der Waals surface area contributed by atoms with Gasteiger partial charge < -0.3 is 0 Å². The zero-order chi connectivity index (χ0) is 22.6. The van der Waals surface area contributed by atoms with Gasteiger partial charge in [0.25, 0.3) is 0 Å². The Labute approximate surface area is 213 Å². The van der Waals surface area contributed by atoms with Gasteiger partial charge in [0.2, 0.25) is 0 Å². The maximum atomic E-state index is 1.69. The molecule has 0 radical (unpaired) electrons. The van der Waals surface area contributed by atoms with E-state index in [9.17, 15) is 0 Å². The summed E-state index contributed by atoms with van der Waals surface area (Å²) >= 11 is -2.50. The predicted octanol–water partition coefficient (Wildman–Crippen LogP) is 11.9. The topological polar surface area (TPSA) is 0 Å². The van der Waals surface area contributed by atoms with E-state index in [0.29, 0.717) is 0 Å². The molecule has 0 bridgehead atoms. The summed E-state index contributed by atoms with van der Waals surface area (Å²) in [7, 11) is 0. The van der Waals surface area contributed by atoms with Crippen molar-refractivity contribution in [2.24, 2.45) is 0 Å². The van der Waals surface area contributed by atoms with Gasteiger partial charge in [0, 0.05) is 0 Å². The van der Waals surface area contributed by atoms with Crippen molar-refractivity contribution in [2.75, 3.05) is 0 Å². The first-order chi connectivity index (χ1) is 16.4. The molecule has 4 saturated carbocycles. The second-order valence-electron chi connectivity index (χ2n) is 13.2. The molecule has 0 atom stereocenters. The molecule has 33 heavy (non-hydrogen) atoms. The van der Waals surface area contributed by atoms with Crippen molar-refractivity contribution in [3.63, 3.8) is 0 Å². The van der Waals surface area contributed by atoms with Gasteiger partial charge in [0.1, 0.15) is 0 Å². The van der Waals surface area contributed by atoms with E-state index in [0.717, 1.165) is 0 Å². The molecular weight excluding hydrogens is 503 g/mol. The Morgan fingerprint density at radius 1 is 0.212 bits per heavy atom. The van der Waals surface area contributed by atoms with Crippen LogP contribution in [0.4, 0.5) is 0 Å². The van der Waals surface area contributed by atoms with Crippen molar-refractivity contribution < 1.29 is 0 Å². The number of rotatable bonds is 4. The van der Waals surface area contributed by atoms with Gasteiger partial charge in [0.05, 0.1) is 0 Å². The fourth-order valence-corrected chi connectivity index (χ4v) is 37.3. The Balaban J connectivity index is 1.74. The third-order valence-corrected chi connectivity index (χ3v) is 34.0. The first-order valence-electron chi connectivity index (χ1n) is 16.4. The van der Waals surface area contributed by atoms with Crippen molar-refractivity contribution in [2.45, 2.75) is 196 Å². The minimum atomic E-state index is -2.50. The van der Waals surface area contributed by atoms with E-state index in [1.807, 2.05) is 0 Å². The Kier molecular flexibility index (Phi) is 12.3. The Bertz CT molecular complexity index is 387. The van der Waals surface area contributed by atoms with Crippen LogP contribution in [0.15, 0.2) is 0 Å². The zero-order valence-corrected chi connectivity index (χ0v) is 25.5. The number of hydrogen-bond acceptors (Lipinski definition) is 0. The van der Waals surface area contributed by atoms with Gasteiger partial charge in [-0.2, -0.15) is 0 Å². The minimum absolute atomic E-state index is 1.28. The van der Waals surface area contributed by atoms with E-state index in [-0.39, 0.29) is 0 Å². The Morgan fingerprint density at radius 2 is 0.364 bits per heavy atom. The van der Waals surface area contributed by atoms with Gasteiger partial charge in [-0.25, -0.2) is 0 Å². The molecule has 4 rings (SSSR count). The van der Waals surface area contributed by atoms with Crippen LogP contribution in [-0.2, 0) is 0 Å². The third-order valence-electron chi connectivity index (χ3n) is 11.2. The summed E-state index contributed by atoms with van der Waals surface area (Å²) in [4.78, 5) is 0. The van der Waals surface area contributed by atoms with Crippen molar-refractivity contribution in [1.29, 1.82) is 0 Å². The predicted molar refractivity (Wildman–Crippen MR) is 150 cm³/mol. The quantitative estimate of drug-likeness (QED) is 0.299. The van der Waals surface area contributed by atoms with Gasteiger partial charge in [-0.15, -0.1) is 0 Å². The summed E-state index contributed by atoms with van der Waals surface area (Å²) in [6, 6.07) is 0. The van der Waals surface area contributed by atoms with Crippen molar-refractivity contribution >= 4 is 18.4 Å². The monoisotopic (exact) mass is 564 g/mol. The van der Waals surface area contributed by atoms with Crippen LogP contribution in [0.3, 0.4) is 0 Å². The van der Waals surface area contributed by atoms with Crippen LogP contribution in [0.25, 0.3) is 0 Å². The Morgan fingerprint density at radius 3 is 0.545 bits per heavy atom. The molecule has 4 aliphatic rings.